The summed E-state index contributed by atoms with van der Waals surface area (Å²) >= 11 is 0. The summed E-state index contributed by atoms with van der Waals surface area (Å²) in [5, 5.41) is 11.3. The third-order valence-electron chi connectivity index (χ3n) is 5.18. The van der Waals surface area contributed by atoms with Crippen LogP contribution in [0.2, 0.25) is 0 Å². The molecule has 1 aliphatic heterocycles. The van der Waals surface area contributed by atoms with E-state index in [1.807, 2.05) is 18.3 Å². The maximum atomic E-state index is 10.1. The van der Waals surface area contributed by atoms with Crippen LogP contribution in [-0.2, 0) is 6.54 Å². The van der Waals surface area contributed by atoms with Crippen molar-refractivity contribution in [2.24, 2.45) is 17.6 Å². The Labute approximate surface area is 124 Å². The molecule has 2 aromatic rings. The standard InChI is InChI=1S/C17H21N3O/c18-7-12-8-19-15-4-2-1-3-13(15)17(12)20-9-11-5-6-16(21)14(11)10-20/h1-4,8,11,14,16,21H,5-7,9-10,18H2. The zero-order chi connectivity index (χ0) is 14.4. The second-order valence-electron chi connectivity index (χ2n) is 6.33. The highest BCUT2D eigenvalue weighted by atomic mass is 16.3. The van der Waals surface area contributed by atoms with Crippen LogP contribution in [0.1, 0.15) is 18.4 Å². The van der Waals surface area contributed by atoms with Crippen molar-refractivity contribution in [1.82, 2.24) is 4.98 Å². The van der Waals surface area contributed by atoms with Crippen molar-refractivity contribution in [3.8, 4) is 0 Å². The SMILES string of the molecule is NCc1cnc2ccccc2c1N1CC2CCC(O)C2C1. The number of benzene rings is 1. The summed E-state index contributed by atoms with van der Waals surface area (Å²) in [6.07, 6.45) is 3.88. The molecule has 21 heavy (non-hydrogen) atoms. The van der Waals surface area contributed by atoms with E-state index in [2.05, 4.69) is 22.0 Å². The lowest BCUT2D eigenvalue weighted by molar-refractivity contribution is 0.133. The fourth-order valence-corrected chi connectivity index (χ4v) is 4.11. The number of rotatable bonds is 2. The molecular formula is C17H21N3O. The van der Waals surface area contributed by atoms with Gasteiger partial charge in [0.2, 0.25) is 0 Å². The molecule has 1 saturated heterocycles. The van der Waals surface area contributed by atoms with Gasteiger partial charge in [-0.3, -0.25) is 4.98 Å². The van der Waals surface area contributed by atoms with Gasteiger partial charge in [0.05, 0.1) is 17.3 Å². The number of pyridine rings is 1. The Morgan fingerprint density at radius 1 is 1.24 bits per heavy atom. The van der Waals surface area contributed by atoms with Gasteiger partial charge < -0.3 is 15.7 Å². The van der Waals surface area contributed by atoms with Gasteiger partial charge in [-0.25, -0.2) is 0 Å². The van der Waals surface area contributed by atoms with Gasteiger partial charge in [-0.2, -0.15) is 0 Å². The zero-order valence-electron chi connectivity index (χ0n) is 12.1. The Morgan fingerprint density at radius 2 is 2.10 bits per heavy atom. The highest BCUT2D eigenvalue weighted by Crippen LogP contribution is 2.42. The van der Waals surface area contributed by atoms with Gasteiger partial charge in [-0.1, -0.05) is 18.2 Å². The molecule has 110 valence electrons. The quantitative estimate of drug-likeness (QED) is 0.883. The number of anilines is 1. The molecule has 3 unspecified atom stereocenters. The van der Waals surface area contributed by atoms with Gasteiger partial charge in [-0.15, -0.1) is 0 Å². The van der Waals surface area contributed by atoms with E-state index >= 15 is 0 Å². The molecule has 1 saturated carbocycles. The normalized spacial score (nSPS) is 28.3. The predicted molar refractivity (Wildman–Crippen MR) is 84.1 cm³/mol. The molecule has 0 amide bonds. The van der Waals surface area contributed by atoms with Crippen molar-refractivity contribution < 1.29 is 5.11 Å². The minimum absolute atomic E-state index is 0.130. The number of aromatic nitrogens is 1. The van der Waals surface area contributed by atoms with Crippen LogP contribution in [0.4, 0.5) is 5.69 Å². The van der Waals surface area contributed by atoms with Crippen LogP contribution in [0.25, 0.3) is 10.9 Å². The highest BCUT2D eigenvalue weighted by molar-refractivity contribution is 5.93. The van der Waals surface area contributed by atoms with Gasteiger partial charge >= 0.3 is 0 Å². The summed E-state index contributed by atoms with van der Waals surface area (Å²) in [6.45, 7) is 2.47. The molecule has 2 heterocycles. The number of aliphatic hydroxyl groups excluding tert-OH is 1. The summed E-state index contributed by atoms with van der Waals surface area (Å²) in [7, 11) is 0. The van der Waals surface area contributed by atoms with Gasteiger partial charge in [0.25, 0.3) is 0 Å². The molecule has 0 spiro atoms. The van der Waals surface area contributed by atoms with E-state index in [9.17, 15) is 5.11 Å². The number of nitrogens with zero attached hydrogens (tertiary/aromatic N) is 2. The highest BCUT2D eigenvalue weighted by Gasteiger charge is 2.42. The first-order chi connectivity index (χ1) is 10.3. The maximum absolute atomic E-state index is 10.1. The minimum Gasteiger partial charge on any atom is -0.393 e. The van der Waals surface area contributed by atoms with Gasteiger partial charge in [0.15, 0.2) is 0 Å². The first kappa shape index (κ1) is 13.0. The van der Waals surface area contributed by atoms with Crippen LogP contribution in [-0.4, -0.2) is 29.3 Å². The monoisotopic (exact) mass is 283 g/mol. The van der Waals surface area contributed by atoms with E-state index in [4.69, 9.17) is 5.73 Å². The summed E-state index contributed by atoms with van der Waals surface area (Å²) in [4.78, 5) is 6.94. The smallest absolute Gasteiger partial charge is 0.0723 e. The van der Waals surface area contributed by atoms with Crippen molar-refractivity contribution in [3.05, 3.63) is 36.0 Å². The summed E-state index contributed by atoms with van der Waals surface area (Å²) in [6, 6.07) is 8.25. The molecule has 1 aromatic heterocycles. The van der Waals surface area contributed by atoms with Crippen molar-refractivity contribution >= 4 is 16.6 Å². The molecule has 1 aromatic carbocycles. The number of para-hydroxylation sites is 1. The molecule has 4 rings (SSSR count). The molecule has 2 aliphatic rings. The number of hydrogen-bond acceptors (Lipinski definition) is 4. The molecule has 4 heteroatoms. The Kier molecular flexibility index (Phi) is 3.08. The predicted octanol–water partition coefficient (Wildman–Crippen LogP) is 1.90. The third kappa shape index (κ3) is 2.01. The second kappa shape index (κ2) is 4.97. The topological polar surface area (TPSA) is 62.4 Å². The molecular weight excluding hydrogens is 262 g/mol. The lowest BCUT2D eigenvalue weighted by atomic mass is 10.00. The summed E-state index contributed by atoms with van der Waals surface area (Å²) < 4.78 is 0. The zero-order valence-corrected chi connectivity index (χ0v) is 12.1. The number of aliphatic hydroxyl groups is 1. The molecule has 3 atom stereocenters. The van der Waals surface area contributed by atoms with E-state index < -0.39 is 0 Å². The van der Waals surface area contributed by atoms with E-state index in [-0.39, 0.29) is 6.10 Å². The van der Waals surface area contributed by atoms with Crippen LogP contribution in [0.3, 0.4) is 0 Å². The fourth-order valence-electron chi connectivity index (χ4n) is 4.11. The maximum Gasteiger partial charge on any atom is 0.0723 e. The number of nitrogens with two attached hydrogens (primary N) is 1. The van der Waals surface area contributed by atoms with Crippen LogP contribution >= 0.6 is 0 Å². The molecule has 2 fully saturated rings. The third-order valence-corrected chi connectivity index (χ3v) is 5.18. The van der Waals surface area contributed by atoms with Crippen molar-refractivity contribution in [3.63, 3.8) is 0 Å². The number of fused-ring (bicyclic) bond motifs is 2. The Morgan fingerprint density at radius 3 is 2.90 bits per heavy atom. The Bertz CT molecular complexity index is 672. The van der Waals surface area contributed by atoms with Crippen LogP contribution < -0.4 is 10.6 Å². The second-order valence-corrected chi connectivity index (χ2v) is 6.33. The average molecular weight is 283 g/mol. The van der Waals surface area contributed by atoms with Crippen molar-refractivity contribution in [1.29, 1.82) is 0 Å². The first-order valence-corrected chi connectivity index (χ1v) is 7.77. The van der Waals surface area contributed by atoms with Crippen LogP contribution in [0.5, 0.6) is 0 Å². The molecule has 3 N–H and O–H groups in total. The van der Waals surface area contributed by atoms with Gasteiger partial charge in [-0.05, 0) is 24.8 Å². The van der Waals surface area contributed by atoms with Gasteiger partial charge in [0, 0.05) is 42.7 Å². The first-order valence-electron chi connectivity index (χ1n) is 7.77. The van der Waals surface area contributed by atoms with Crippen LogP contribution in [0.15, 0.2) is 30.5 Å². The van der Waals surface area contributed by atoms with E-state index in [0.717, 1.165) is 37.0 Å². The van der Waals surface area contributed by atoms with E-state index in [0.29, 0.717) is 18.4 Å². The molecule has 0 bridgehead atoms. The molecule has 1 aliphatic carbocycles. The molecule has 4 nitrogen and oxygen atoms in total. The largest absolute Gasteiger partial charge is 0.393 e. The lowest BCUT2D eigenvalue weighted by Gasteiger charge is -2.24. The van der Waals surface area contributed by atoms with Crippen molar-refractivity contribution in [2.75, 3.05) is 18.0 Å². The summed E-state index contributed by atoms with van der Waals surface area (Å²) in [5.74, 6) is 1.04. The Hall–Kier alpha value is -1.65. The average Bonchev–Trinajstić information content (AvgIpc) is 3.08. The number of hydrogen-bond donors (Lipinski definition) is 2. The molecule has 0 radical (unpaired) electrons. The van der Waals surface area contributed by atoms with Crippen LogP contribution in [0, 0.1) is 11.8 Å². The van der Waals surface area contributed by atoms with Gasteiger partial charge in [0.1, 0.15) is 0 Å². The van der Waals surface area contributed by atoms with E-state index in [1.165, 1.54) is 11.1 Å². The Balaban J connectivity index is 1.79. The van der Waals surface area contributed by atoms with Crippen molar-refractivity contribution in [2.45, 2.75) is 25.5 Å². The summed E-state index contributed by atoms with van der Waals surface area (Å²) in [5.41, 5.74) is 9.28. The minimum atomic E-state index is -0.130. The van der Waals surface area contributed by atoms with E-state index in [1.54, 1.807) is 0 Å². The fraction of sp³-hybridized carbons (Fsp3) is 0.471. The lowest BCUT2D eigenvalue weighted by Crippen LogP contribution is -2.26.